The Kier molecular flexibility index (Phi) is 5.68. The number of anilines is 1. The molecule has 3 aliphatic rings. The lowest BCUT2D eigenvalue weighted by Gasteiger charge is -2.24. The number of halogens is 1. The van der Waals surface area contributed by atoms with E-state index in [-0.39, 0.29) is 11.4 Å². The van der Waals surface area contributed by atoms with Crippen LogP contribution in [0, 0.1) is 12.7 Å². The fraction of sp³-hybridized carbons (Fsp3) is 0.333. The molecule has 2 aliphatic heterocycles. The highest BCUT2D eigenvalue weighted by molar-refractivity contribution is 6.05. The molecular formula is C24H27FN4O. The van der Waals surface area contributed by atoms with Gasteiger partial charge in [-0.2, -0.15) is 0 Å². The van der Waals surface area contributed by atoms with Gasteiger partial charge in [0.15, 0.2) is 0 Å². The molecular weight excluding hydrogens is 379 g/mol. The number of H-pyrrole nitrogens is 1. The molecule has 4 rings (SSSR count). The highest BCUT2D eigenvalue weighted by atomic mass is 19.1. The number of fused-ring (bicyclic) bond motifs is 1. The summed E-state index contributed by atoms with van der Waals surface area (Å²) in [6, 6.07) is 12.9. The van der Waals surface area contributed by atoms with Crippen LogP contribution in [0.25, 0.3) is 11.3 Å². The van der Waals surface area contributed by atoms with Crippen LogP contribution < -0.4 is 10.5 Å². The highest BCUT2D eigenvalue weighted by Gasteiger charge is 2.19. The van der Waals surface area contributed by atoms with Crippen LogP contribution in [0.1, 0.15) is 24.5 Å². The van der Waals surface area contributed by atoms with Gasteiger partial charge >= 0.3 is 0 Å². The second-order valence-electron chi connectivity index (χ2n) is 8.00. The van der Waals surface area contributed by atoms with Crippen molar-refractivity contribution >= 4 is 17.1 Å². The Labute approximate surface area is 176 Å². The molecule has 30 heavy (non-hydrogen) atoms. The van der Waals surface area contributed by atoms with E-state index in [4.69, 9.17) is 4.99 Å². The van der Waals surface area contributed by atoms with Gasteiger partial charge in [-0.1, -0.05) is 24.3 Å². The first kappa shape index (κ1) is 20.3. The van der Waals surface area contributed by atoms with Crippen molar-refractivity contribution in [3.8, 4) is 11.3 Å². The van der Waals surface area contributed by atoms with E-state index >= 15 is 0 Å². The van der Waals surface area contributed by atoms with E-state index in [1.54, 1.807) is 6.07 Å². The minimum Gasteiger partial charge on any atom is -0.368 e. The summed E-state index contributed by atoms with van der Waals surface area (Å²) in [4.78, 5) is 24.6. The smallest absolute Gasteiger partial charge is 0.258 e. The molecule has 1 N–H and O–H groups in total. The fourth-order valence-electron chi connectivity index (χ4n) is 4.08. The maximum atomic E-state index is 14.8. The molecule has 156 valence electrons. The van der Waals surface area contributed by atoms with Gasteiger partial charge in [0.2, 0.25) is 0 Å². The number of hydrogen-bond donors (Lipinski definition) is 1. The second kappa shape index (κ2) is 8.40. The largest absolute Gasteiger partial charge is 0.368 e. The second-order valence-corrected chi connectivity index (χ2v) is 8.00. The predicted molar refractivity (Wildman–Crippen MR) is 121 cm³/mol. The zero-order valence-corrected chi connectivity index (χ0v) is 17.7. The molecule has 0 spiro atoms. The first-order valence-corrected chi connectivity index (χ1v) is 10.3. The molecule has 0 atom stereocenters. The van der Waals surface area contributed by atoms with Crippen LogP contribution in [0.15, 0.2) is 52.3 Å². The molecule has 0 unspecified atom stereocenters. The number of rotatable bonds is 3. The van der Waals surface area contributed by atoms with Gasteiger partial charge < -0.3 is 14.8 Å². The van der Waals surface area contributed by atoms with Gasteiger partial charge in [-0.15, -0.1) is 0 Å². The molecule has 1 saturated heterocycles. The Bertz CT molecular complexity index is 1120. The average molecular weight is 407 g/mol. The van der Waals surface area contributed by atoms with Crippen molar-refractivity contribution in [3.05, 3.63) is 69.8 Å². The van der Waals surface area contributed by atoms with E-state index in [9.17, 15) is 9.18 Å². The van der Waals surface area contributed by atoms with Gasteiger partial charge in [0.05, 0.1) is 22.6 Å². The predicted octanol–water partition coefficient (Wildman–Crippen LogP) is 4.21. The Morgan fingerprint density at radius 3 is 2.73 bits per heavy atom. The molecule has 1 aromatic carbocycles. The average Bonchev–Trinajstić information content (AvgIpc) is 2.87. The topological polar surface area (TPSA) is 51.7 Å². The Morgan fingerprint density at radius 2 is 1.90 bits per heavy atom. The standard InChI is InChI=1S/C24H27FN4O/c1-16-14-19(25)22(29-11-7-10-28(3)12-13-29)15-21(16)26-17(2)23-18-8-5-4-6-9-20(18)27-24(23)30/h4-6,8-9,14-15H,7,10-13H2,1-3H3,(H,27,30)/b26-17+. The normalized spacial score (nSPS) is 16.1. The summed E-state index contributed by atoms with van der Waals surface area (Å²) < 4.78 is 14.8. The molecule has 0 aromatic heterocycles. The van der Waals surface area contributed by atoms with Crippen LogP contribution in [0.4, 0.5) is 15.8 Å². The number of aliphatic imine (C=N–C) groups is 1. The van der Waals surface area contributed by atoms with E-state index < -0.39 is 0 Å². The lowest BCUT2D eigenvalue weighted by molar-refractivity contribution is 0.360. The van der Waals surface area contributed by atoms with Crippen molar-refractivity contribution in [3.63, 3.8) is 0 Å². The molecule has 0 saturated carbocycles. The quantitative estimate of drug-likeness (QED) is 0.663. The summed E-state index contributed by atoms with van der Waals surface area (Å²) in [6.07, 6.45) is 0.993. The van der Waals surface area contributed by atoms with Crippen LogP contribution in [-0.4, -0.2) is 48.8 Å². The van der Waals surface area contributed by atoms with Gasteiger partial charge in [-0.25, -0.2) is 4.39 Å². The summed E-state index contributed by atoms with van der Waals surface area (Å²) in [7, 11) is 2.09. The van der Waals surface area contributed by atoms with Crippen LogP contribution >= 0.6 is 0 Å². The number of likely N-dealkylation sites (N-methyl/N-ethyl adjacent to an activating group) is 1. The van der Waals surface area contributed by atoms with Crippen molar-refractivity contribution in [2.45, 2.75) is 20.3 Å². The van der Waals surface area contributed by atoms with E-state index in [0.29, 0.717) is 22.6 Å². The van der Waals surface area contributed by atoms with E-state index in [2.05, 4.69) is 21.8 Å². The number of aromatic amines is 1. The minimum atomic E-state index is -0.225. The first-order valence-electron chi connectivity index (χ1n) is 10.3. The van der Waals surface area contributed by atoms with Gasteiger partial charge in [0.25, 0.3) is 5.56 Å². The zero-order chi connectivity index (χ0) is 21.3. The Morgan fingerprint density at radius 1 is 1.10 bits per heavy atom. The third kappa shape index (κ3) is 4.00. The maximum Gasteiger partial charge on any atom is 0.258 e. The third-order valence-corrected chi connectivity index (χ3v) is 5.76. The SMILES string of the molecule is C/C(=N\c1cc(N2CCCN(C)CC2)c(F)cc1C)c1c2cccccc-2[nH]c1=O. The first-order chi connectivity index (χ1) is 14.4. The molecule has 1 aromatic rings. The molecule has 1 fully saturated rings. The van der Waals surface area contributed by atoms with Gasteiger partial charge in [-0.05, 0) is 57.6 Å². The summed E-state index contributed by atoms with van der Waals surface area (Å²) in [5.74, 6) is -0.225. The van der Waals surface area contributed by atoms with Crippen molar-refractivity contribution in [2.24, 2.45) is 4.99 Å². The van der Waals surface area contributed by atoms with Crippen molar-refractivity contribution in [1.29, 1.82) is 0 Å². The van der Waals surface area contributed by atoms with Crippen molar-refractivity contribution in [2.75, 3.05) is 38.1 Å². The number of aryl methyl sites for hydroxylation is 1. The highest BCUT2D eigenvalue weighted by Crippen LogP contribution is 2.31. The van der Waals surface area contributed by atoms with E-state index in [1.807, 2.05) is 50.2 Å². The number of aromatic nitrogens is 1. The number of hydrogen-bond acceptors (Lipinski definition) is 4. The van der Waals surface area contributed by atoms with Crippen LogP contribution in [0.5, 0.6) is 0 Å². The van der Waals surface area contributed by atoms with Crippen LogP contribution in [0.2, 0.25) is 0 Å². The molecule has 1 aliphatic carbocycles. The Balaban J connectivity index is 1.74. The van der Waals surface area contributed by atoms with Crippen LogP contribution in [-0.2, 0) is 0 Å². The summed E-state index contributed by atoms with van der Waals surface area (Å²) in [5.41, 5.74) is 4.65. The summed E-state index contributed by atoms with van der Waals surface area (Å²) in [6.45, 7) is 7.19. The van der Waals surface area contributed by atoms with Crippen molar-refractivity contribution < 1.29 is 4.39 Å². The molecule has 5 nitrogen and oxygen atoms in total. The maximum absolute atomic E-state index is 14.8. The summed E-state index contributed by atoms with van der Waals surface area (Å²) >= 11 is 0. The lowest BCUT2D eigenvalue weighted by atomic mass is 10.1. The van der Waals surface area contributed by atoms with Gasteiger partial charge in [0.1, 0.15) is 5.82 Å². The minimum absolute atomic E-state index is 0.159. The molecule has 6 heteroatoms. The summed E-state index contributed by atoms with van der Waals surface area (Å²) in [5, 5.41) is 0. The van der Waals surface area contributed by atoms with Gasteiger partial charge in [-0.3, -0.25) is 9.79 Å². The van der Waals surface area contributed by atoms with Crippen LogP contribution in [0.3, 0.4) is 0 Å². The molecule has 0 amide bonds. The van der Waals surface area contributed by atoms with Gasteiger partial charge in [0, 0.05) is 30.9 Å². The van der Waals surface area contributed by atoms with Crippen molar-refractivity contribution in [1.82, 2.24) is 9.88 Å². The number of nitrogens with one attached hydrogen (secondary N) is 1. The third-order valence-electron chi connectivity index (χ3n) is 5.76. The molecule has 2 heterocycles. The number of benzene rings is 1. The lowest BCUT2D eigenvalue weighted by Crippen LogP contribution is -2.29. The fourth-order valence-corrected chi connectivity index (χ4v) is 4.08. The Hall–Kier alpha value is -2.99. The van der Waals surface area contributed by atoms with E-state index in [0.717, 1.165) is 49.4 Å². The molecule has 0 bridgehead atoms. The molecule has 0 radical (unpaired) electrons. The number of nitrogens with zero attached hydrogens (tertiary/aromatic N) is 3. The van der Waals surface area contributed by atoms with E-state index in [1.165, 1.54) is 0 Å². The zero-order valence-electron chi connectivity index (χ0n) is 17.7. The monoisotopic (exact) mass is 406 g/mol.